The van der Waals surface area contributed by atoms with E-state index in [1.54, 1.807) is 0 Å². The molecule has 0 radical (unpaired) electrons. The molecule has 2 aliphatic carbocycles. The molecular weight excluding hydrogens is 299 g/mol. The maximum absolute atomic E-state index is 6.91. The highest BCUT2D eigenvalue weighted by Gasteiger charge is 2.50. The third-order valence-electron chi connectivity index (χ3n) is 7.86. The van der Waals surface area contributed by atoms with Gasteiger partial charge in [0.2, 0.25) is 0 Å². The maximum atomic E-state index is 6.91. The Bertz CT molecular complexity index is 386. The molecule has 0 aromatic heterocycles. The van der Waals surface area contributed by atoms with E-state index in [2.05, 4.69) is 42.3 Å². The van der Waals surface area contributed by atoms with E-state index in [1.807, 2.05) is 0 Å². The normalized spacial score (nSPS) is 48.0. The van der Waals surface area contributed by atoms with Gasteiger partial charge in [-0.25, -0.2) is 0 Å². The SMILES string of the molecule is CC(C)C1(N)CCCC2NC3CCCC(P)(C(C)C)CC3C2C1. The topological polar surface area (TPSA) is 38.0 Å². The lowest BCUT2D eigenvalue weighted by Crippen LogP contribution is -2.47. The average Bonchev–Trinajstić information content (AvgIpc) is 2.63. The van der Waals surface area contributed by atoms with Gasteiger partial charge in [-0.05, 0) is 67.4 Å². The van der Waals surface area contributed by atoms with E-state index >= 15 is 0 Å². The van der Waals surface area contributed by atoms with Crippen molar-refractivity contribution in [3.63, 3.8) is 0 Å². The summed E-state index contributed by atoms with van der Waals surface area (Å²) in [5.41, 5.74) is 6.97. The van der Waals surface area contributed by atoms with Crippen molar-refractivity contribution < 1.29 is 0 Å². The average molecular weight is 339 g/mol. The Balaban J connectivity index is 1.85. The zero-order chi connectivity index (χ0) is 16.8. The second-order valence-electron chi connectivity index (χ2n) is 9.68. The molecule has 3 rings (SSSR count). The monoisotopic (exact) mass is 338 g/mol. The third-order valence-corrected chi connectivity index (χ3v) is 9.05. The summed E-state index contributed by atoms with van der Waals surface area (Å²) < 4.78 is 0. The highest BCUT2D eigenvalue weighted by atomic mass is 31.0. The lowest BCUT2D eigenvalue weighted by atomic mass is 9.71. The molecule has 3 aliphatic rings. The molecule has 0 amide bonds. The summed E-state index contributed by atoms with van der Waals surface area (Å²) in [6.45, 7) is 9.51. The van der Waals surface area contributed by atoms with Crippen molar-refractivity contribution in [3.8, 4) is 0 Å². The first-order chi connectivity index (χ1) is 10.8. The van der Waals surface area contributed by atoms with Gasteiger partial charge in [0.1, 0.15) is 0 Å². The Labute approximate surface area is 146 Å². The van der Waals surface area contributed by atoms with Gasteiger partial charge >= 0.3 is 0 Å². The summed E-state index contributed by atoms with van der Waals surface area (Å²) in [5, 5.41) is 4.51. The summed E-state index contributed by atoms with van der Waals surface area (Å²) in [4.78, 5) is 0. The fourth-order valence-corrected chi connectivity index (χ4v) is 6.21. The fraction of sp³-hybridized carbons (Fsp3) is 1.00. The molecule has 2 saturated carbocycles. The van der Waals surface area contributed by atoms with Crippen LogP contribution in [-0.2, 0) is 0 Å². The van der Waals surface area contributed by atoms with Crippen LogP contribution in [0, 0.1) is 23.7 Å². The highest BCUT2D eigenvalue weighted by Crippen LogP contribution is 2.51. The van der Waals surface area contributed by atoms with Crippen LogP contribution in [0.15, 0.2) is 0 Å². The number of rotatable bonds is 2. The van der Waals surface area contributed by atoms with Crippen LogP contribution in [0.5, 0.6) is 0 Å². The molecular formula is C20H39N2P. The van der Waals surface area contributed by atoms with Crippen molar-refractivity contribution in [1.82, 2.24) is 5.32 Å². The highest BCUT2D eigenvalue weighted by molar-refractivity contribution is 7.19. The lowest BCUT2D eigenvalue weighted by molar-refractivity contribution is 0.190. The third kappa shape index (κ3) is 3.38. The molecule has 3 N–H and O–H groups in total. The van der Waals surface area contributed by atoms with Crippen LogP contribution in [-0.4, -0.2) is 22.8 Å². The van der Waals surface area contributed by atoms with E-state index in [4.69, 9.17) is 5.73 Å². The van der Waals surface area contributed by atoms with Gasteiger partial charge in [0.25, 0.3) is 0 Å². The molecule has 23 heavy (non-hydrogen) atoms. The quantitative estimate of drug-likeness (QED) is 0.736. The van der Waals surface area contributed by atoms with Gasteiger partial charge in [-0.3, -0.25) is 0 Å². The van der Waals surface area contributed by atoms with Crippen LogP contribution in [0.3, 0.4) is 0 Å². The molecule has 7 atom stereocenters. The van der Waals surface area contributed by atoms with E-state index in [0.29, 0.717) is 11.1 Å². The molecule has 1 heterocycles. The molecule has 1 saturated heterocycles. The largest absolute Gasteiger partial charge is 0.325 e. The van der Waals surface area contributed by atoms with Gasteiger partial charge < -0.3 is 11.1 Å². The van der Waals surface area contributed by atoms with Crippen LogP contribution in [0.2, 0.25) is 0 Å². The summed E-state index contributed by atoms with van der Waals surface area (Å²) in [6, 6.07) is 1.48. The Morgan fingerprint density at radius 1 is 0.913 bits per heavy atom. The Morgan fingerprint density at radius 2 is 1.48 bits per heavy atom. The molecule has 0 spiro atoms. The maximum Gasteiger partial charge on any atom is 0.0180 e. The second-order valence-corrected chi connectivity index (χ2v) is 10.8. The Hall–Kier alpha value is 0.350. The summed E-state index contributed by atoms with van der Waals surface area (Å²) in [6.07, 6.45) is 10.6. The van der Waals surface area contributed by atoms with Crippen LogP contribution < -0.4 is 11.1 Å². The molecule has 1 aliphatic heterocycles. The lowest BCUT2D eigenvalue weighted by Gasteiger charge is -2.40. The van der Waals surface area contributed by atoms with Crippen LogP contribution >= 0.6 is 9.24 Å². The van der Waals surface area contributed by atoms with E-state index in [9.17, 15) is 0 Å². The van der Waals surface area contributed by atoms with E-state index in [-0.39, 0.29) is 5.54 Å². The number of fused-ring (bicyclic) bond motifs is 3. The number of hydrogen-bond acceptors (Lipinski definition) is 2. The van der Waals surface area contributed by atoms with Crippen LogP contribution in [0.1, 0.15) is 79.1 Å². The van der Waals surface area contributed by atoms with Crippen molar-refractivity contribution in [3.05, 3.63) is 0 Å². The molecule has 3 heteroatoms. The van der Waals surface area contributed by atoms with Gasteiger partial charge in [-0.2, -0.15) is 0 Å². The van der Waals surface area contributed by atoms with Crippen molar-refractivity contribution >= 4 is 9.24 Å². The van der Waals surface area contributed by atoms with E-state index in [1.165, 1.54) is 51.4 Å². The minimum atomic E-state index is 0.0592. The summed E-state index contributed by atoms with van der Waals surface area (Å²) in [5.74, 6) is 2.98. The molecule has 0 aromatic rings. The predicted molar refractivity (Wildman–Crippen MR) is 104 cm³/mol. The van der Waals surface area contributed by atoms with Gasteiger partial charge in [0, 0.05) is 17.6 Å². The van der Waals surface area contributed by atoms with E-state index in [0.717, 1.165) is 29.8 Å². The van der Waals surface area contributed by atoms with Crippen molar-refractivity contribution in [2.45, 2.75) is 102 Å². The first-order valence-electron chi connectivity index (χ1n) is 10.1. The molecule has 0 bridgehead atoms. The van der Waals surface area contributed by atoms with Crippen molar-refractivity contribution in [2.24, 2.45) is 29.4 Å². The zero-order valence-electron chi connectivity index (χ0n) is 15.8. The summed E-state index contributed by atoms with van der Waals surface area (Å²) in [7, 11) is 3.28. The Morgan fingerprint density at radius 3 is 2.04 bits per heavy atom. The first-order valence-corrected chi connectivity index (χ1v) is 10.7. The van der Waals surface area contributed by atoms with Gasteiger partial charge in [0.15, 0.2) is 0 Å². The first kappa shape index (κ1) is 18.2. The minimum absolute atomic E-state index is 0.0592. The predicted octanol–water partition coefficient (Wildman–Crippen LogP) is 4.33. The van der Waals surface area contributed by atoms with E-state index < -0.39 is 0 Å². The smallest absolute Gasteiger partial charge is 0.0180 e. The van der Waals surface area contributed by atoms with Gasteiger partial charge in [-0.15, -0.1) is 9.24 Å². The fourth-order valence-electron chi connectivity index (χ4n) is 5.73. The second kappa shape index (κ2) is 6.58. The van der Waals surface area contributed by atoms with Gasteiger partial charge in [0.05, 0.1) is 0 Å². The van der Waals surface area contributed by atoms with Crippen LogP contribution in [0.4, 0.5) is 0 Å². The number of nitrogens with one attached hydrogen (secondary N) is 1. The minimum Gasteiger partial charge on any atom is -0.325 e. The Kier molecular flexibility index (Phi) is 5.19. The number of hydrogen-bond donors (Lipinski definition) is 2. The number of nitrogens with two attached hydrogens (primary N) is 1. The molecule has 134 valence electrons. The molecule has 2 nitrogen and oxygen atoms in total. The zero-order valence-corrected chi connectivity index (χ0v) is 16.9. The standard InChI is InChI=1S/C20H39N2P/c1-13(2)19(21)9-5-7-17-15(11-19)16-12-20(23,14(3)4)10-6-8-18(16)22-17/h13-18,22H,5-12,21,23H2,1-4H3. The molecule has 0 aromatic carbocycles. The van der Waals surface area contributed by atoms with Crippen molar-refractivity contribution in [1.29, 1.82) is 0 Å². The van der Waals surface area contributed by atoms with Crippen molar-refractivity contribution in [2.75, 3.05) is 0 Å². The summed E-state index contributed by atoms with van der Waals surface area (Å²) >= 11 is 0. The molecule has 3 fully saturated rings. The molecule has 7 unspecified atom stereocenters. The van der Waals surface area contributed by atoms with Crippen LogP contribution in [0.25, 0.3) is 0 Å². The van der Waals surface area contributed by atoms with Gasteiger partial charge in [-0.1, -0.05) is 40.5 Å².